The van der Waals surface area contributed by atoms with E-state index in [1.54, 1.807) is 0 Å². The number of ketones is 1. The second-order valence-electron chi connectivity index (χ2n) is 4.94. The molecule has 18 heavy (non-hydrogen) atoms. The van der Waals surface area contributed by atoms with Gasteiger partial charge in [0.2, 0.25) is 0 Å². The van der Waals surface area contributed by atoms with Crippen molar-refractivity contribution < 1.29 is 9.59 Å². The molecule has 3 nitrogen and oxygen atoms in total. The third kappa shape index (κ3) is 2.61. The summed E-state index contributed by atoms with van der Waals surface area (Å²) >= 11 is 0. The van der Waals surface area contributed by atoms with Crippen molar-refractivity contribution in [3.05, 3.63) is 35.4 Å². The van der Waals surface area contributed by atoms with Crippen molar-refractivity contribution in [1.82, 2.24) is 4.90 Å². The highest BCUT2D eigenvalue weighted by Crippen LogP contribution is 2.18. The first-order valence-electron chi connectivity index (χ1n) is 6.50. The summed E-state index contributed by atoms with van der Waals surface area (Å²) in [7, 11) is 0. The minimum atomic E-state index is 0.0208. The summed E-state index contributed by atoms with van der Waals surface area (Å²) in [6.45, 7) is 5.11. The Morgan fingerprint density at radius 3 is 2.89 bits per heavy atom. The van der Waals surface area contributed by atoms with Gasteiger partial charge in [-0.25, -0.2) is 0 Å². The minimum Gasteiger partial charge on any atom is -0.337 e. The number of aryl methyl sites for hydroxylation is 1. The molecular formula is C15H19NO2. The third-order valence-corrected chi connectivity index (χ3v) is 3.57. The van der Waals surface area contributed by atoms with Crippen molar-refractivity contribution >= 4 is 11.7 Å². The van der Waals surface area contributed by atoms with Crippen LogP contribution in [0.3, 0.4) is 0 Å². The molecule has 96 valence electrons. The average Bonchev–Trinajstić information content (AvgIpc) is 2.38. The van der Waals surface area contributed by atoms with Crippen molar-refractivity contribution in [2.24, 2.45) is 5.92 Å². The maximum Gasteiger partial charge on any atom is 0.253 e. The summed E-state index contributed by atoms with van der Waals surface area (Å²) in [5.41, 5.74) is 1.81. The van der Waals surface area contributed by atoms with E-state index in [9.17, 15) is 9.59 Å². The highest BCUT2D eigenvalue weighted by Gasteiger charge is 2.28. The number of Topliss-reactive ketones (excluding diaryl/α,β-unsaturated/α-hetero) is 1. The highest BCUT2D eigenvalue weighted by molar-refractivity contribution is 5.95. The third-order valence-electron chi connectivity index (χ3n) is 3.57. The van der Waals surface area contributed by atoms with Gasteiger partial charge in [0.15, 0.2) is 0 Å². The number of likely N-dealkylation sites (tertiary alicyclic amines) is 1. The molecule has 1 saturated heterocycles. The van der Waals surface area contributed by atoms with Crippen molar-refractivity contribution in [1.29, 1.82) is 0 Å². The number of carbonyl (C=O) groups is 2. The molecule has 0 aliphatic carbocycles. The highest BCUT2D eigenvalue weighted by atomic mass is 16.2. The summed E-state index contributed by atoms with van der Waals surface area (Å²) in [6.07, 6.45) is 1.31. The van der Waals surface area contributed by atoms with Crippen molar-refractivity contribution in [2.45, 2.75) is 26.7 Å². The van der Waals surface area contributed by atoms with Crippen LogP contribution in [0.15, 0.2) is 24.3 Å². The molecule has 1 aliphatic heterocycles. The lowest BCUT2D eigenvalue weighted by Crippen LogP contribution is -2.43. The number of rotatable bonds is 2. The van der Waals surface area contributed by atoms with E-state index in [2.05, 4.69) is 0 Å². The standard InChI is InChI=1S/C15H19NO2/c1-3-12-10-16(8-7-14(12)17)15(18)13-6-4-5-11(2)9-13/h4-6,9,12H,3,7-8,10H2,1-2H3. The predicted molar refractivity (Wildman–Crippen MR) is 70.5 cm³/mol. The van der Waals surface area contributed by atoms with Gasteiger partial charge in [-0.3, -0.25) is 9.59 Å². The molecule has 0 saturated carbocycles. The van der Waals surface area contributed by atoms with Crippen molar-refractivity contribution in [3.8, 4) is 0 Å². The predicted octanol–water partition coefficient (Wildman–Crippen LogP) is 2.44. The molecule has 1 aliphatic rings. The van der Waals surface area contributed by atoms with E-state index >= 15 is 0 Å². The molecule has 1 atom stereocenters. The van der Waals surface area contributed by atoms with Crippen LogP contribution in [-0.4, -0.2) is 29.7 Å². The Labute approximate surface area is 108 Å². The van der Waals surface area contributed by atoms with Crippen molar-refractivity contribution in [2.75, 3.05) is 13.1 Å². The Balaban J connectivity index is 2.12. The van der Waals surface area contributed by atoms with Gasteiger partial charge in [-0.05, 0) is 25.5 Å². The molecular weight excluding hydrogens is 226 g/mol. The Kier molecular flexibility index (Phi) is 3.80. The molecule has 0 bridgehead atoms. The van der Waals surface area contributed by atoms with E-state index in [0.717, 1.165) is 17.5 Å². The van der Waals surface area contributed by atoms with Crippen LogP contribution in [0.4, 0.5) is 0 Å². The number of hydrogen-bond acceptors (Lipinski definition) is 2. The monoisotopic (exact) mass is 245 g/mol. The zero-order valence-electron chi connectivity index (χ0n) is 11.0. The van der Waals surface area contributed by atoms with Crippen LogP contribution in [0.1, 0.15) is 35.7 Å². The molecule has 0 spiro atoms. The van der Waals surface area contributed by atoms with Gasteiger partial charge in [0.25, 0.3) is 5.91 Å². The lowest BCUT2D eigenvalue weighted by molar-refractivity contribution is -0.125. The van der Waals surface area contributed by atoms with Gasteiger partial charge in [-0.1, -0.05) is 24.6 Å². The Morgan fingerprint density at radius 1 is 1.44 bits per heavy atom. The molecule has 1 fully saturated rings. The van der Waals surface area contributed by atoms with Crippen LogP contribution >= 0.6 is 0 Å². The molecule has 1 aromatic rings. The number of nitrogens with zero attached hydrogens (tertiary/aromatic N) is 1. The molecule has 0 N–H and O–H groups in total. The van der Waals surface area contributed by atoms with E-state index in [1.807, 2.05) is 43.0 Å². The smallest absolute Gasteiger partial charge is 0.253 e. The molecule has 2 rings (SSSR count). The summed E-state index contributed by atoms with van der Waals surface area (Å²) in [4.78, 5) is 25.8. The Bertz CT molecular complexity index is 467. The largest absolute Gasteiger partial charge is 0.337 e. The molecule has 0 radical (unpaired) electrons. The van der Waals surface area contributed by atoms with Gasteiger partial charge in [0.05, 0.1) is 0 Å². The van der Waals surface area contributed by atoms with E-state index in [-0.39, 0.29) is 11.8 Å². The summed E-state index contributed by atoms with van der Waals surface area (Å²) in [5.74, 6) is 0.364. The minimum absolute atomic E-state index is 0.0208. The van der Waals surface area contributed by atoms with Gasteiger partial charge in [0.1, 0.15) is 5.78 Å². The van der Waals surface area contributed by atoms with Crippen LogP contribution in [0.5, 0.6) is 0 Å². The zero-order valence-corrected chi connectivity index (χ0v) is 11.0. The van der Waals surface area contributed by atoms with E-state index in [4.69, 9.17) is 0 Å². The second kappa shape index (κ2) is 5.34. The number of carbonyl (C=O) groups excluding carboxylic acids is 2. The summed E-state index contributed by atoms with van der Waals surface area (Å²) < 4.78 is 0. The average molecular weight is 245 g/mol. The fraction of sp³-hybridized carbons (Fsp3) is 0.467. The first-order chi connectivity index (χ1) is 8.61. The molecule has 0 aromatic heterocycles. The number of amides is 1. The van der Waals surface area contributed by atoms with Gasteiger partial charge in [-0.15, -0.1) is 0 Å². The normalized spacial score (nSPS) is 20.0. The SMILES string of the molecule is CCC1CN(C(=O)c2cccc(C)c2)CCC1=O. The lowest BCUT2D eigenvalue weighted by Gasteiger charge is -2.31. The molecule has 1 unspecified atom stereocenters. The van der Waals surface area contributed by atoms with E-state index in [0.29, 0.717) is 25.3 Å². The quantitative estimate of drug-likeness (QED) is 0.802. The first-order valence-corrected chi connectivity index (χ1v) is 6.50. The lowest BCUT2D eigenvalue weighted by atomic mass is 9.93. The topological polar surface area (TPSA) is 37.4 Å². The van der Waals surface area contributed by atoms with Gasteiger partial charge < -0.3 is 4.90 Å². The maximum absolute atomic E-state index is 12.3. The molecule has 3 heteroatoms. The zero-order chi connectivity index (χ0) is 13.1. The molecule has 1 heterocycles. The van der Waals surface area contributed by atoms with E-state index < -0.39 is 0 Å². The Morgan fingerprint density at radius 2 is 2.22 bits per heavy atom. The molecule has 1 aromatic carbocycles. The van der Waals surface area contributed by atoms with Gasteiger partial charge >= 0.3 is 0 Å². The fourth-order valence-electron chi connectivity index (χ4n) is 2.41. The maximum atomic E-state index is 12.3. The first kappa shape index (κ1) is 12.8. The Hall–Kier alpha value is -1.64. The van der Waals surface area contributed by atoms with Crippen LogP contribution < -0.4 is 0 Å². The fourth-order valence-corrected chi connectivity index (χ4v) is 2.41. The number of hydrogen-bond donors (Lipinski definition) is 0. The van der Waals surface area contributed by atoms with Gasteiger partial charge in [0, 0.05) is 31.0 Å². The summed E-state index contributed by atoms with van der Waals surface area (Å²) in [6, 6.07) is 7.62. The number of piperidine rings is 1. The number of benzene rings is 1. The molecule has 1 amide bonds. The second-order valence-corrected chi connectivity index (χ2v) is 4.94. The van der Waals surface area contributed by atoms with Gasteiger partial charge in [-0.2, -0.15) is 0 Å². The van der Waals surface area contributed by atoms with Crippen molar-refractivity contribution in [3.63, 3.8) is 0 Å². The van der Waals surface area contributed by atoms with E-state index in [1.165, 1.54) is 0 Å². The van der Waals surface area contributed by atoms with Crippen LogP contribution in [0.25, 0.3) is 0 Å². The van der Waals surface area contributed by atoms with Crippen LogP contribution in [-0.2, 0) is 4.79 Å². The van der Waals surface area contributed by atoms with Crippen LogP contribution in [0, 0.1) is 12.8 Å². The summed E-state index contributed by atoms with van der Waals surface area (Å²) in [5, 5.41) is 0. The van der Waals surface area contributed by atoms with Crippen LogP contribution in [0.2, 0.25) is 0 Å².